The van der Waals surface area contributed by atoms with Gasteiger partial charge >= 0.3 is 5.97 Å². The van der Waals surface area contributed by atoms with Gasteiger partial charge in [0.25, 0.3) is 5.91 Å². The first kappa shape index (κ1) is 25.5. The van der Waals surface area contributed by atoms with Crippen molar-refractivity contribution in [2.45, 2.75) is 81.8 Å². The SMILES string of the molecule is O=C(N[C@H](C(=O)O)C12C[C@@H]3C[C@@H](CC(O)(C3)C1)C2)c1ccc2ccccc2c1OCC1CCC(F)(F)CC1. The summed E-state index contributed by atoms with van der Waals surface area (Å²) in [6, 6.07) is 9.81. The molecule has 4 bridgehead atoms. The van der Waals surface area contributed by atoms with Gasteiger partial charge in [0.1, 0.15) is 11.8 Å². The summed E-state index contributed by atoms with van der Waals surface area (Å²) in [7, 11) is 0. The fourth-order valence-electron chi connectivity index (χ4n) is 8.35. The molecule has 5 fully saturated rings. The first-order valence-corrected chi connectivity index (χ1v) is 13.8. The summed E-state index contributed by atoms with van der Waals surface area (Å²) >= 11 is 0. The summed E-state index contributed by atoms with van der Waals surface area (Å²) in [5.74, 6) is -3.37. The summed E-state index contributed by atoms with van der Waals surface area (Å²) in [5, 5.41) is 25.9. The van der Waals surface area contributed by atoms with Crippen molar-refractivity contribution in [1.29, 1.82) is 0 Å². The van der Waals surface area contributed by atoms with Crippen LogP contribution in [0.3, 0.4) is 0 Å². The molecule has 8 heteroatoms. The predicted octanol–water partition coefficient (Wildman–Crippen LogP) is 5.56. The third-order valence-electron chi connectivity index (χ3n) is 9.63. The van der Waals surface area contributed by atoms with E-state index in [4.69, 9.17) is 4.74 Å². The van der Waals surface area contributed by atoms with Gasteiger partial charge in [0.05, 0.1) is 17.8 Å². The molecule has 2 unspecified atom stereocenters. The van der Waals surface area contributed by atoms with E-state index in [1.807, 2.05) is 30.3 Å². The maximum atomic E-state index is 13.7. The molecular formula is C30H35F2NO5. The molecule has 1 amide bonds. The number of halogens is 2. The van der Waals surface area contributed by atoms with Gasteiger partial charge in [0, 0.05) is 23.6 Å². The zero-order valence-electron chi connectivity index (χ0n) is 21.4. The Labute approximate surface area is 220 Å². The highest BCUT2D eigenvalue weighted by atomic mass is 19.3. The molecule has 0 aromatic heterocycles. The molecule has 0 radical (unpaired) electrons. The highest BCUT2D eigenvalue weighted by molar-refractivity contribution is 6.05. The summed E-state index contributed by atoms with van der Waals surface area (Å²) in [6.07, 6.45) is 4.58. The first-order valence-electron chi connectivity index (χ1n) is 13.8. The van der Waals surface area contributed by atoms with Gasteiger partial charge in [-0.3, -0.25) is 4.79 Å². The Balaban J connectivity index is 1.27. The minimum atomic E-state index is -2.63. The number of carboxylic acid groups (broad SMARTS) is 1. The molecule has 38 heavy (non-hydrogen) atoms. The lowest BCUT2D eigenvalue weighted by atomic mass is 9.46. The van der Waals surface area contributed by atoms with E-state index in [0.29, 0.717) is 50.7 Å². The van der Waals surface area contributed by atoms with Gasteiger partial charge in [-0.15, -0.1) is 0 Å². The van der Waals surface area contributed by atoms with Gasteiger partial charge in [-0.1, -0.05) is 30.3 Å². The van der Waals surface area contributed by atoms with Gasteiger partial charge in [-0.25, -0.2) is 13.6 Å². The van der Waals surface area contributed by atoms with Crippen LogP contribution in [0.1, 0.15) is 74.6 Å². The number of alkyl halides is 2. The van der Waals surface area contributed by atoms with Crippen LogP contribution in [0.25, 0.3) is 10.8 Å². The Morgan fingerprint density at radius 3 is 2.37 bits per heavy atom. The smallest absolute Gasteiger partial charge is 0.326 e. The minimum Gasteiger partial charge on any atom is -0.492 e. The molecule has 0 saturated heterocycles. The average Bonchev–Trinajstić information content (AvgIpc) is 2.84. The van der Waals surface area contributed by atoms with Crippen molar-refractivity contribution < 1.29 is 33.3 Å². The normalized spacial score (nSPS) is 32.7. The molecule has 6 nitrogen and oxygen atoms in total. The lowest BCUT2D eigenvalue weighted by molar-refractivity contribution is -0.181. The van der Waals surface area contributed by atoms with E-state index in [9.17, 15) is 28.6 Å². The second-order valence-corrected chi connectivity index (χ2v) is 12.6. The quantitative estimate of drug-likeness (QED) is 0.438. The van der Waals surface area contributed by atoms with E-state index in [0.717, 1.165) is 17.2 Å². The summed E-state index contributed by atoms with van der Waals surface area (Å²) in [4.78, 5) is 26.3. The van der Waals surface area contributed by atoms with Gasteiger partial charge < -0.3 is 20.3 Å². The molecule has 5 aliphatic rings. The second-order valence-electron chi connectivity index (χ2n) is 12.6. The molecule has 7 rings (SSSR count). The molecule has 0 aliphatic heterocycles. The third-order valence-corrected chi connectivity index (χ3v) is 9.63. The van der Waals surface area contributed by atoms with E-state index >= 15 is 0 Å². The molecule has 5 atom stereocenters. The summed E-state index contributed by atoms with van der Waals surface area (Å²) in [5.41, 5.74) is -1.29. The monoisotopic (exact) mass is 527 g/mol. The van der Waals surface area contributed by atoms with E-state index in [2.05, 4.69) is 5.32 Å². The van der Waals surface area contributed by atoms with Crippen LogP contribution in [0.5, 0.6) is 5.75 Å². The van der Waals surface area contributed by atoms with Gasteiger partial charge in [-0.2, -0.15) is 0 Å². The number of aliphatic hydroxyl groups is 1. The number of amides is 1. The molecule has 0 spiro atoms. The molecular weight excluding hydrogens is 492 g/mol. The number of fused-ring (bicyclic) bond motifs is 1. The van der Waals surface area contributed by atoms with Crippen LogP contribution in [0, 0.1) is 23.2 Å². The number of benzene rings is 2. The van der Waals surface area contributed by atoms with Crippen molar-refractivity contribution in [3.05, 3.63) is 42.0 Å². The standard InChI is InChI=1S/C30H35F2NO5/c31-30(32)9-7-18(8-10-30)16-38-24-22-4-2-1-3-21(22)5-6-23(24)26(34)33-25(27(35)36)28-12-19-11-20(13-28)15-29(37,14-19)17-28/h1-6,18-20,25,37H,7-17H2,(H,33,34)(H,35,36)/t19-,20+,25-,28?,29?/m1/s1. The Morgan fingerprint density at radius 2 is 1.71 bits per heavy atom. The number of carboxylic acids is 1. The van der Waals surface area contributed by atoms with Gasteiger partial charge in [-0.05, 0) is 80.6 Å². The number of carbonyl (C=O) groups excluding carboxylic acids is 1. The van der Waals surface area contributed by atoms with Crippen LogP contribution in [0.2, 0.25) is 0 Å². The van der Waals surface area contributed by atoms with E-state index in [1.54, 1.807) is 6.07 Å². The molecule has 5 aliphatic carbocycles. The maximum Gasteiger partial charge on any atom is 0.326 e. The maximum absolute atomic E-state index is 13.7. The molecule has 2 aromatic rings. The average molecular weight is 528 g/mol. The van der Waals surface area contributed by atoms with Crippen LogP contribution in [0.4, 0.5) is 8.78 Å². The lowest BCUT2D eigenvalue weighted by Crippen LogP contribution is -2.64. The third kappa shape index (κ3) is 4.65. The van der Waals surface area contributed by atoms with Gasteiger partial charge in [0.15, 0.2) is 0 Å². The Kier molecular flexibility index (Phi) is 6.17. The topological polar surface area (TPSA) is 95.9 Å². The largest absolute Gasteiger partial charge is 0.492 e. The predicted molar refractivity (Wildman–Crippen MR) is 137 cm³/mol. The van der Waals surface area contributed by atoms with Crippen molar-refractivity contribution in [1.82, 2.24) is 5.32 Å². The van der Waals surface area contributed by atoms with Crippen LogP contribution < -0.4 is 10.1 Å². The Hall–Kier alpha value is -2.74. The van der Waals surface area contributed by atoms with E-state index in [-0.39, 0.29) is 42.8 Å². The number of rotatable bonds is 7. The Morgan fingerprint density at radius 1 is 1.03 bits per heavy atom. The molecule has 0 heterocycles. The molecule has 204 valence electrons. The number of nitrogens with one attached hydrogen (secondary N) is 1. The molecule has 5 saturated carbocycles. The fraction of sp³-hybridized carbons (Fsp3) is 0.600. The van der Waals surface area contributed by atoms with Crippen molar-refractivity contribution in [3.63, 3.8) is 0 Å². The highest BCUT2D eigenvalue weighted by Gasteiger charge is 2.61. The number of ether oxygens (including phenoxy) is 1. The van der Waals surface area contributed by atoms with Crippen molar-refractivity contribution in [2.24, 2.45) is 23.2 Å². The number of carbonyl (C=O) groups is 2. The zero-order valence-corrected chi connectivity index (χ0v) is 21.4. The first-order chi connectivity index (χ1) is 18.0. The fourth-order valence-corrected chi connectivity index (χ4v) is 8.35. The van der Waals surface area contributed by atoms with E-state index < -0.39 is 34.9 Å². The van der Waals surface area contributed by atoms with Crippen LogP contribution >= 0.6 is 0 Å². The van der Waals surface area contributed by atoms with Gasteiger partial charge in [0.2, 0.25) is 5.92 Å². The van der Waals surface area contributed by atoms with Crippen molar-refractivity contribution in [3.8, 4) is 5.75 Å². The Bertz CT molecular complexity index is 1240. The minimum absolute atomic E-state index is 0.0379. The number of aliphatic carboxylic acids is 1. The summed E-state index contributed by atoms with van der Waals surface area (Å²) in [6.45, 7) is 0.215. The number of hydrogen-bond donors (Lipinski definition) is 3. The van der Waals surface area contributed by atoms with Crippen LogP contribution in [-0.2, 0) is 4.79 Å². The molecule has 2 aromatic carbocycles. The van der Waals surface area contributed by atoms with Crippen molar-refractivity contribution >= 4 is 22.6 Å². The lowest BCUT2D eigenvalue weighted by Gasteiger charge is -2.61. The summed E-state index contributed by atoms with van der Waals surface area (Å²) < 4.78 is 33.5. The van der Waals surface area contributed by atoms with Crippen LogP contribution in [0.15, 0.2) is 36.4 Å². The zero-order chi connectivity index (χ0) is 26.7. The van der Waals surface area contributed by atoms with Crippen LogP contribution in [-0.4, -0.2) is 46.3 Å². The van der Waals surface area contributed by atoms with E-state index in [1.165, 1.54) is 0 Å². The molecule has 3 N–H and O–H groups in total. The highest BCUT2D eigenvalue weighted by Crippen LogP contribution is 2.62. The second kappa shape index (κ2) is 9.18. The van der Waals surface area contributed by atoms with Crippen molar-refractivity contribution in [2.75, 3.05) is 6.61 Å². The number of hydrogen-bond acceptors (Lipinski definition) is 4.